The molecule has 1 aliphatic carbocycles. The van der Waals surface area contributed by atoms with Gasteiger partial charge in [0.2, 0.25) is 0 Å². The van der Waals surface area contributed by atoms with Crippen molar-refractivity contribution in [3.63, 3.8) is 0 Å². The fourth-order valence-corrected chi connectivity index (χ4v) is 3.98. The topological polar surface area (TPSA) is 109 Å². The zero-order valence-electron chi connectivity index (χ0n) is 17.0. The average molecular weight is 461 g/mol. The lowest BCUT2D eigenvalue weighted by molar-refractivity contribution is -0.192. The quantitative estimate of drug-likeness (QED) is 0.663. The van der Waals surface area contributed by atoms with Crippen LogP contribution in [0.15, 0.2) is 24.5 Å². The number of nitrogens with one attached hydrogen (secondary N) is 1. The van der Waals surface area contributed by atoms with E-state index in [2.05, 4.69) is 10.3 Å². The molecular formula is C20H23F4N3O5. The summed E-state index contributed by atoms with van der Waals surface area (Å²) in [6.45, 7) is 2.02. The molecule has 3 aliphatic rings. The van der Waals surface area contributed by atoms with Crippen molar-refractivity contribution < 1.29 is 41.8 Å². The Kier molecular flexibility index (Phi) is 7.01. The first-order chi connectivity index (χ1) is 15.0. The molecule has 2 amide bonds. The summed E-state index contributed by atoms with van der Waals surface area (Å²) in [5.41, 5.74) is -1.13. The molecular weight excluding hydrogens is 438 g/mol. The summed E-state index contributed by atoms with van der Waals surface area (Å²) in [6.07, 6.45) is -0.531. The van der Waals surface area contributed by atoms with E-state index in [1.807, 2.05) is 0 Å². The van der Waals surface area contributed by atoms with E-state index in [0.717, 1.165) is 6.42 Å². The second-order valence-electron chi connectivity index (χ2n) is 8.08. The molecule has 2 N–H and O–H groups in total. The van der Waals surface area contributed by atoms with Crippen LogP contribution in [0.2, 0.25) is 0 Å². The van der Waals surface area contributed by atoms with Gasteiger partial charge in [-0.05, 0) is 31.4 Å². The van der Waals surface area contributed by atoms with E-state index in [4.69, 9.17) is 14.6 Å². The molecule has 176 valence electrons. The SMILES string of the molecule is O=C(NC[C@H]1CO[C@@H]2CN(C(=O)C3(F)CCC3)C[C@H]12)c1cccnc1.O=C(O)C(F)(F)F. The van der Waals surface area contributed by atoms with Gasteiger partial charge in [0.25, 0.3) is 11.8 Å². The van der Waals surface area contributed by atoms with E-state index in [0.29, 0.717) is 44.6 Å². The maximum Gasteiger partial charge on any atom is 0.490 e. The molecule has 1 saturated carbocycles. The minimum atomic E-state index is -5.08. The van der Waals surface area contributed by atoms with E-state index in [1.54, 1.807) is 23.2 Å². The summed E-state index contributed by atoms with van der Waals surface area (Å²) in [7, 11) is 0. The summed E-state index contributed by atoms with van der Waals surface area (Å²) >= 11 is 0. The number of fused-ring (bicyclic) bond motifs is 1. The van der Waals surface area contributed by atoms with Crippen molar-refractivity contribution in [1.29, 1.82) is 0 Å². The summed E-state index contributed by atoms with van der Waals surface area (Å²) < 4.78 is 51.9. The number of alkyl halides is 4. The second-order valence-corrected chi connectivity index (χ2v) is 8.08. The van der Waals surface area contributed by atoms with Gasteiger partial charge in [0.1, 0.15) is 0 Å². The maximum atomic E-state index is 14.4. The van der Waals surface area contributed by atoms with Crippen LogP contribution in [-0.4, -0.2) is 77.0 Å². The predicted molar refractivity (Wildman–Crippen MR) is 101 cm³/mol. The molecule has 0 radical (unpaired) electrons. The number of pyridine rings is 1. The molecule has 2 saturated heterocycles. The van der Waals surface area contributed by atoms with Gasteiger partial charge in [-0.3, -0.25) is 14.6 Å². The average Bonchev–Trinajstić information content (AvgIpc) is 3.31. The Morgan fingerprint density at radius 1 is 1.28 bits per heavy atom. The van der Waals surface area contributed by atoms with Crippen LogP contribution in [0.3, 0.4) is 0 Å². The first-order valence-electron chi connectivity index (χ1n) is 10.1. The molecule has 0 bridgehead atoms. The standard InChI is InChI=1S/C18H22FN3O3.C2HF3O2/c19-18(4-2-5-18)17(24)22-9-14-13(11-25-15(14)10-22)8-21-16(23)12-3-1-6-20-7-12;3-2(4,5)1(6)7/h1,3,6-7,13-15H,2,4-5,8-11H2,(H,21,23);(H,6,7)/t13-,14+,15+;/m0./s1. The van der Waals surface area contributed by atoms with Crippen molar-refractivity contribution in [2.45, 2.75) is 37.2 Å². The summed E-state index contributed by atoms with van der Waals surface area (Å²) in [5, 5.41) is 10.0. The van der Waals surface area contributed by atoms with Crippen molar-refractivity contribution in [2.24, 2.45) is 11.8 Å². The van der Waals surface area contributed by atoms with Crippen LogP contribution in [0.5, 0.6) is 0 Å². The van der Waals surface area contributed by atoms with Crippen molar-refractivity contribution >= 4 is 17.8 Å². The largest absolute Gasteiger partial charge is 0.490 e. The Morgan fingerprint density at radius 3 is 2.50 bits per heavy atom. The first-order valence-corrected chi connectivity index (χ1v) is 10.1. The zero-order valence-corrected chi connectivity index (χ0v) is 17.0. The van der Waals surface area contributed by atoms with Crippen LogP contribution in [0.25, 0.3) is 0 Å². The van der Waals surface area contributed by atoms with Crippen LogP contribution >= 0.6 is 0 Å². The number of amides is 2. The highest BCUT2D eigenvalue weighted by Crippen LogP contribution is 2.40. The van der Waals surface area contributed by atoms with E-state index < -0.39 is 17.8 Å². The third kappa shape index (κ3) is 5.34. The summed E-state index contributed by atoms with van der Waals surface area (Å²) in [4.78, 5) is 38.9. The van der Waals surface area contributed by atoms with E-state index >= 15 is 0 Å². The normalized spacial score (nSPS) is 25.8. The minimum absolute atomic E-state index is 0.0482. The van der Waals surface area contributed by atoms with E-state index in [9.17, 15) is 27.2 Å². The fourth-order valence-electron chi connectivity index (χ4n) is 3.98. The number of hydrogen-bond acceptors (Lipinski definition) is 5. The Hall–Kier alpha value is -2.76. The highest BCUT2D eigenvalue weighted by molar-refractivity contribution is 5.93. The Labute approximate surface area is 180 Å². The molecule has 2 aliphatic heterocycles. The number of rotatable bonds is 4. The molecule has 1 aromatic heterocycles. The number of halogens is 4. The number of carbonyl (C=O) groups is 3. The molecule has 4 rings (SSSR count). The molecule has 0 aromatic carbocycles. The molecule has 8 nitrogen and oxygen atoms in total. The van der Waals surface area contributed by atoms with Gasteiger partial charge < -0.3 is 20.1 Å². The molecule has 0 spiro atoms. The minimum Gasteiger partial charge on any atom is -0.475 e. The van der Waals surface area contributed by atoms with Crippen molar-refractivity contribution in [1.82, 2.24) is 15.2 Å². The number of hydrogen-bond donors (Lipinski definition) is 2. The van der Waals surface area contributed by atoms with Gasteiger partial charge >= 0.3 is 12.1 Å². The van der Waals surface area contributed by atoms with Crippen LogP contribution in [0, 0.1) is 11.8 Å². The monoisotopic (exact) mass is 461 g/mol. The highest BCUT2D eigenvalue weighted by Gasteiger charge is 2.52. The number of aliphatic carboxylic acids is 1. The number of carboxylic acids is 1. The molecule has 1 aromatic rings. The zero-order chi connectivity index (χ0) is 23.5. The molecule has 0 unspecified atom stereocenters. The second kappa shape index (κ2) is 9.39. The van der Waals surface area contributed by atoms with Crippen LogP contribution in [0.4, 0.5) is 17.6 Å². The van der Waals surface area contributed by atoms with Crippen LogP contribution in [0.1, 0.15) is 29.6 Å². The number of nitrogens with zero attached hydrogens (tertiary/aromatic N) is 2. The molecule has 12 heteroatoms. The molecule has 32 heavy (non-hydrogen) atoms. The highest BCUT2D eigenvalue weighted by atomic mass is 19.4. The van der Waals surface area contributed by atoms with Gasteiger partial charge in [0.15, 0.2) is 5.67 Å². The first kappa shape index (κ1) is 23.9. The van der Waals surface area contributed by atoms with Gasteiger partial charge in [-0.2, -0.15) is 13.2 Å². The lowest BCUT2D eigenvalue weighted by Gasteiger charge is -2.35. The molecule has 3 heterocycles. The number of carboxylic acid groups (broad SMARTS) is 1. The van der Waals surface area contributed by atoms with Crippen LogP contribution < -0.4 is 5.32 Å². The van der Waals surface area contributed by atoms with Gasteiger partial charge in [-0.15, -0.1) is 0 Å². The fraction of sp³-hybridized carbons (Fsp3) is 0.600. The van der Waals surface area contributed by atoms with Gasteiger partial charge in [0, 0.05) is 43.9 Å². The molecule has 3 fully saturated rings. The summed E-state index contributed by atoms with van der Waals surface area (Å²) in [6, 6.07) is 3.43. The van der Waals surface area contributed by atoms with E-state index in [1.165, 1.54) is 6.20 Å². The Morgan fingerprint density at radius 2 is 1.97 bits per heavy atom. The van der Waals surface area contributed by atoms with Crippen molar-refractivity contribution in [2.75, 3.05) is 26.2 Å². The van der Waals surface area contributed by atoms with Gasteiger partial charge in [-0.1, -0.05) is 0 Å². The third-order valence-corrected chi connectivity index (χ3v) is 5.95. The molecule has 3 atom stereocenters. The maximum absolute atomic E-state index is 14.4. The lowest BCUT2D eigenvalue weighted by atomic mass is 9.81. The number of likely N-dealkylation sites (tertiary alicyclic amines) is 1. The number of aromatic nitrogens is 1. The van der Waals surface area contributed by atoms with E-state index in [-0.39, 0.29) is 29.8 Å². The van der Waals surface area contributed by atoms with Gasteiger partial charge in [0.05, 0.1) is 18.3 Å². The Balaban J connectivity index is 0.000000360. The van der Waals surface area contributed by atoms with Gasteiger partial charge in [-0.25, -0.2) is 9.18 Å². The van der Waals surface area contributed by atoms with Crippen molar-refractivity contribution in [3.8, 4) is 0 Å². The smallest absolute Gasteiger partial charge is 0.475 e. The number of ether oxygens (including phenoxy) is 1. The lowest BCUT2D eigenvalue weighted by Crippen LogP contribution is -2.50. The predicted octanol–water partition coefficient (Wildman–Crippen LogP) is 1.81. The van der Waals surface area contributed by atoms with Crippen LogP contribution in [-0.2, 0) is 14.3 Å². The van der Waals surface area contributed by atoms with Crippen molar-refractivity contribution in [3.05, 3.63) is 30.1 Å². The summed E-state index contributed by atoms with van der Waals surface area (Å²) in [5.74, 6) is -3.01. The number of carbonyl (C=O) groups excluding carboxylic acids is 2. The third-order valence-electron chi connectivity index (χ3n) is 5.95. The Bertz CT molecular complexity index is 847.